The van der Waals surface area contributed by atoms with Crippen LogP contribution in [0, 0.1) is 16.7 Å². The zero-order valence-electron chi connectivity index (χ0n) is 15.1. The molecule has 0 radical (unpaired) electrons. The standard InChI is InChI=1S/C18H34N2O2/c1-6-8-10-14(3)12-21-16(19)18(4,5)17-20-15(13-22-17)11-9-7-2/h14-15,19H,6-13H2,1-5H3/t14-,15-/m1/s1. The number of nitrogens with zero attached hydrogens (tertiary/aromatic N) is 1. The molecule has 0 aromatic rings. The SMILES string of the molecule is CCCC[C@@H](C)COC(=N)C(C)(C)C1=N[C@H](CCCC)CO1. The summed E-state index contributed by atoms with van der Waals surface area (Å²) in [5.74, 6) is 1.42. The Kier molecular flexibility index (Phi) is 7.91. The Morgan fingerprint density at radius 1 is 1.36 bits per heavy atom. The maximum absolute atomic E-state index is 8.25. The molecule has 1 rings (SSSR count). The summed E-state index contributed by atoms with van der Waals surface area (Å²) < 4.78 is 11.5. The molecule has 0 fully saturated rings. The van der Waals surface area contributed by atoms with Crippen LogP contribution in [0.25, 0.3) is 0 Å². The summed E-state index contributed by atoms with van der Waals surface area (Å²) in [6.45, 7) is 11.8. The third-order valence-electron chi connectivity index (χ3n) is 4.27. The smallest absolute Gasteiger partial charge is 0.199 e. The van der Waals surface area contributed by atoms with Crippen LogP contribution >= 0.6 is 0 Å². The van der Waals surface area contributed by atoms with Crippen molar-refractivity contribution < 1.29 is 9.47 Å². The van der Waals surface area contributed by atoms with E-state index in [4.69, 9.17) is 14.9 Å². The predicted molar refractivity (Wildman–Crippen MR) is 92.8 cm³/mol. The van der Waals surface area contributed by atoms with Crippen LogP contribution in [0.5, 0.6) is 0 Å². The van der Waals surface area contributed by atoms with Gasteiger partial charge in [0.25, 0.3) is 0 Å². The van der Waals surface area contributed by atoms with Gasteiger partial charge in [0.15, 0.2) is 11.8 Å². The van der Waals surface area contributed by atoms with Gasteiger partial charge in [-0.05, 0) is 32.6 Å². The Morgan fingerprint density at radius 2 is 2.05 bits per heavy atom. The van der Waals surface area contributed by atoms with Gasteiger partial charge < -0.3 is 9.47 Å². The minimum absolute atomic E-state index is 0.255. The molecule has 22 heavy (non-hydrogen) atoms. The highest BCUT2D eigenvalue weighted by atomic mass is 16.5. The fourth-order valence-corrected chi connectivity index (χ4v) is 2.48. The average Bonchev–Trinajstić information content (AvgIpc) is 2.97. The van der Waals surface area contributed by atoms with Crippen molar-refractivity contribution in [3.8, 4) is 0 Å². The first-order valence-electron chi connectivity index (χ1n) is 8.84. The molecule has 0 saturated heterocycles. The molecule has 0 saturated carbocycles. The summed E-state index contributed by atoms with van der Waals surface area (Å²) in [5.41, 5.74) is -0.564. The third kappa shape index (κ3) is 5.62. The molecule has 0 bridgehead atoms. The van der Waals surface area contributed by atoms with Crippen LogP contribution in [-0.4, -0.2) is 31.1 Å². The lowest BCUT2D eigenvalue weighted by Gasteiger charge is -2.25. The Morgan fingerprint density at radius 3 is 2.68 bits per heavy atom. The van der Waals surface area contributed by atoms with Crippen LogP contribution in [-0.2, 0) is 9.47 Å². The molecule has 1 N–H and O–H groups in total. The van der Waals surface area contributed by atoms with E-state index in [2.05, 4.69) is 25.8 Å². The highest BCUT2D eigenvalue weighted by Gasteiger charge is 2.37. The summed E-state index contributed by atoms with van der Waals surface area (Å²) >= 11 is 0. The highest BCUT2D eigenvalue weighted by Crippen LogP contribution is 2.27. The highest BCUT2D eigenvalue weighted by molar-refractivity contribution is 6.03. The van der Waals surface area contributed by atoms with Crippen molar-refractivity contribution in [2.75, 3.05) is 13.2 Å². The van der Waals surface area contributed by atoms with E-state index in [1.807, 2.05) is 13.8 Å². The summed E-state index contributed by atoms with van der Waals surface area (Å²) in [6, 6.07) is 0.255. The Hall–Kier alpha value is -1.06. The number of nitrogens with one attached hydrogen (secondary N) is 1. The molecule has 128 valence electrons. The van der Waals surface area contributed by atoms with Crippen LogP contribution < -0.4 is 0 Å². The largest absolute Gasteiger partial charge is 0.480 e. The van der Waals surface area contributed by atoms with E-state index in [0.717, 1.165) is 12.8 Å². The van der Waals surface area contributed by atoms with E-state index in [1.54, 1.807) is 0 Å². The topological polar surface area (TPSA) is 54.7 Å². The molecule has 0 aromatic heterocycles. The monoisotopic (exact) mass is 310 g/mol. The second-order valence-corrected chi connectivity index (χ2v) is 7.05. The lowest BCUT2D eigenvalue weighted by Crippen LogP contribution is -2.35. The molecule has 4 nitrogen and oxygen atoms in total. The third-order valence-corrected chi connectivity index (χ3v) is 4.27. The maximum atomic E-state index is 8.25. The minimum atomic E-state index is -0.564. The van der Waals surface area contributed by atoms with E-state index in [-0.39, 0.29) is 11.9 Å². The van der Waals surface area contributed by atoms with Gasteiger partial charge >= 0.3 is 0 Å². The van der Waals surface area contributed by atoms with Gasteiger partial charge in [-0.2, -0.15) is 0 Å². The predicted octanol–water partition coefficient (Wildman–Crippen LogP) is 4.82. The summed E-state index contributed by atoms with van der Waals surface area (Å²) in [4.78, 5) is 4.67. The van der Waals surface area contributed by atoms with E-state index in [9.17, 15) is 0 Å². The van der Waals surface area contributed by atoms with Crippen LogP contribution in [0.15, 0.2) is 4.99 Å². The average molecular weight is 310 g/mol. The molecule has 0 amide bonds. The molecular weight excluding hydrogens is 276 g/mol. The second-order valence-electron chi connectivity index (χ2n) is 7.05. The molecular formula is C18H34N2O2. The number of aliphatic imine (C=N–C) groups is 1. The van der Waals surface area contributed by atoms with Crippen molar-refractivity contribution in [3.63, 3.8) is 0 Å². The molecule has 0 spiro atoms. The molecule has 0 aliphatic carbocycles. The molecule has 1 aliphatic heterocycles. The van der Waals surface area contributed by atoms with Gasteiger partial charge in [-0.15, -0.1) is 0 Å². The Labute approximate surface area is 136 Å². The van der Waals surface area contributed by atoms with E-state index < -0.39 is 5.41 Å². The van der Waals surface area contributed by atoms with Gasteiger partial charge in [-0.25, -0.2) is 4.99 Å². The molecule has 1 heterocycles. The Balaban J connectivity index is 2.49. The zero-order valence-corrected chi connectivity index (χ0v) is 15.1. The van der Waals surface area contributed by atoms with Crippen molar-refractivity contribution in [3.05, 3.63) is 0 Å². The fraction of sp³-hybridized carbons (Fsp3) is 0.889. The maximum Gasteiger partial charge on any atom is 0.199 e. The molecule has 0 unspecified atom stereocenters. The van der Waals surface area contributed by atoms with Crippen molar-refractivity contribution >= 4 is 11.8 Å². The van der Waals surface area contributed by atoms with Gasteiger partial charge in [-0.3, -0.25) is 5.41 Å². The summed E-state index contributed by atoms with van der Waals surface area (Å²) in [7, 11) is 0. The number of ether oxygens (including phenoxy) is 2. The van der Waals surface area contributed by atoms with E-state index in [0.29, 0.717) is 25.0 Å². The van der Waals surface area contributed by atoms with E-state index >= 15 is 0 Å². The number of unbranched alkanes of at least 4 members (excludes halogenated alkanes) is 2. The van der Waals surface area contributed by atoms with Gasteiger partial charge in [0.05, 0.1) is 12.6 Å². The lowest BCUT2D eigenvalue weighted by atomic mass is 9.92. The minimum Gasteiger partial charge on any atom is -0.480 e. The van der Waals surface area contributed by atoms with Crippen molar-refractivity contribution in [1.82, 2.24) is 0 Å². The van der Waals surface area contributed by atoms with Gasteiger partial charge in [0, 0.05) is 0 Å². The number of rotatable bonds is 10. The van der Waals surface area contributed by atoms with Crippen LogP contribution in [0.4, 0.5) is 0 Å². The normalized spacial score (nSPS) is 19.5. The lowest BCUT2D eigenvalue weighted by molar-refractivity contribution is 0.208. The number of hydrogen-bond acceptors (Lipinski definition) is 4. The quantitative estimate of drug-likeness (QED) is 0.464. The van der Waals surface area contributed by atoms with Crippen LogP contribution in [0.1, 0.15) is 73.1 Å². The van der Waals surface area contributed by atoms with E-state index in [1.165, 1.54) is 25.7 Å². The van der Waals surface area contributed by atoms with Gasteiger partial charge in [0.1, 0.15) is 12.0 Å². The molecule has 0 aromatic carbocycles. The van der Waals surface area contributed by atoms with Crippen LogP contribution in [0.2, 0.25) is 0 Å². The number of hydrogen-bond donors (Lipinski definition) is 1. The van der Waals surface area contributed by atoms with Crippen molar-refractivity contribution in [1.29, 1.82) is 5.41 Å². The van der Waals surface area contributed by atoms with Crippen molar-refractivity contribution in [2.24, 2.45) is 16.3 Å². The van der Waals surface area contributed by atoms with Gasteiger partial charge in [-0.1, -0.05) is 46.5 Å². The zero-order chi connectivity index (χ0) is 16.6. The van der Waals surface area contributed by atoms with Gasteiger partial charge in [0.2, 0.25) is 0 Å². The first-order valence-corrected chi connectivity index (χ1v) is 8.84. The fourth-order valence-electron chi connectivity index (χ4n) is 2.48. The van der Waals surface area contributed by atoms with Crippen LogP contribution in [0.3, 0.4) is 0 Å². The first-order chi connectivity index (χ1) is 10.4. The molecule has 2 atom stereocenters. The second kappa shape index (κ2) is 9.16. The Bertz CT molecular complexity index is 377. The molecule has 4 heteroatoms. The van der Waals surface area contributed by atoms with Crippen molar-refractivity contribution in [2.45, 2.75) is 79.2 Å². The molecule has 1 aliphatic rings. The summed E-state index contributed by atoms with van der Waals surface area (Å²) in [5, 5.41) is 8.25. The summed E-state index contributed by atoms with van der Waals surface area (Å²) in [6.07, 6.45) is 7.00. The first kappa shape index (κ1) is 19.0.